The molecular weight excluding hydrogens is 252 g/mol. The van der Waals surface area contributed by atoms with E-state index in [1.165, 1.54) is 19.3 Å². The molecule has 0 bridgehead atoms. The van der Waals surface area contributed by atoms with Crippen molar-refractivity contribution in [3.05, 3.63) is 17.5 Å². The van der Waals surface area contributed by atoms with E-state index in [1.54, 1.807) is 4.68 Å². The van der Waals surface area contributed by atoms with E-state index in [9.17, 15) is 4.79 Å². The van der Waals surface area contributed by atoms with E-state index in [0.717, 1.165) is 31.0 Å². The molecule has 1 aliphatic heterocycles. The van der Waals surface area contributed by atoms with Crippen LogP contribution in [-0.4, -0.2) is 46.3 Å². The zero-order valence-electron chi connectivity index (χ0n) is 12.9. The van der Waals surface area contributed by atoms with Gasteiger partial charge in [-0.15, -0.1) is 0 Å². The molecule has 1 fully saturated rings. The van der Waals surface area contributed by atoms with Crippen LogP contribution in [0.25, 0.3) is 0 Å². The SMILES string of the molecule is Cc1cc(C)n(CC(=O)NCCN2CCCC[C@H]2C)n1. The fourth-order valence-corrected chi connectivity index (χ4v) is 2.86. The van der Waals surface area contributed by atoms with E-state index in [4.69, 9.17) is 0 Å². The summed E-state index contributed by atoms with van der Waals surface area (Å²) in [5.41, 5.74) is 1.99. The third-order valence-corrected chi connectivity index (χ3v) is 4.06. The topological polar surface area (TPSA) is 50.2 Å². The minimum Gasteiger partial charge on any atom is -0.353 e. The summed E-state index contributed by atoms with van der Waals surface area (Å²) in [7, 11) is 0. The quantitative estimate of drug-likeness (QED) is 0.888. The molecule has 2 heterocycles. The summed E-state index contributed by atoms with van der Waals surface area (Å²) in [6, 6.07) is 2.64. The minimum atomic E-state index is 0.0425. The number of nitrogens with zero attached hydrogens (tertiary/aromatic N) is 3. The molecule has 0 radical (unpaired) electrons. The highest BCUT2D eigenvalue weighted by molar-refractivity contribution is 5.75. The van der Waals surface area contributed by atoms with Crippen LogP contribution in [0.5, 0.6) is 0 Å². The Bertz CT molecular complexity index is 455. The Morgan fingerprint density at radius 2 is 2.25 bits per heavy atom. The first-order chi connectivity index (χ1) is 9.56. The lowest BCUT2D eigenvalue weighted by atomic mass is 10.0. The second-order valence-electron chi connectivity index (χ2n) is 5.82. The Morgan fingerprint density at radius 3 is 2.90 bits per heavy atom. The van der Waals surface area contributed by atoms with Crippen molar-refractivity contribution < 1.29 is 4.79 Å². The van der Waals surface area contributed by atoms with Gasteiger partial charge < -0.3 is 5.32 Å². The Hall–Kier alpha value is -1.36. The fourth-order valence-electron chi connectivity index (χ4n) is 2.86. The summed E-state index contributed by atoms with van der Waals surface area (Å²) in [6.07, 6.45) is 3.89. The van der Waals surface area contributed by atoms with Gasteiger partial charge in [-0.25, -0.2) is 0 Å². The number of likely N-dealkylation sites (tertiary alicyclic amines) is 1. The number of carbonyl (C=O) groups excluding carboxylic acids is 1. The molecule has 0 aromatic carbocycles. The standard InChI is InChI=1S/C15H26N4O/c1-12-10-14(3)19(17-12)11-15(20)16-7-9-18-8-5-4-6-13(18)2/h10,13H,4-9,11H2,1-3H3,(H,16,20)/t13-/m1/s1. The van der Waals surface area contributed by atoms with E-state index in [-0.39, 0.29) is 5.91 Å². The maximum Gasteiger partial charge on any atom is 0.241 e. The fraction of sp³-hybridized carbons (Fsp3) is 0.733. The van der Waals surface area contributed by atoms with Crippen LogP contribution in [-0.2, 0) is 11.3 Å². The van der Waals surface area contributed by atoms with Crippen molar-refractivity contribution in [2.75, 3.05) is 19.6 Å². The summed E-state index contributed by atoms with van der Waals surface area (Å²) in [6.45, 7) is 9.34. The molecule has 0 saturated carbocycles. The first kappa shape index (κ1) is 15.0. The zero-order chi connectivity index (χ0) is 14.5. The molecule has 1 aliphatic rings. The van der Waals surface area contributed by atoms with Gasteiger partial charge in [0.15, 0.2) is 0 Å². The lowest BCUT2D eigenvalue weighted by molar-refractivity contribution is -0.121. The van der Waals surface area contributed by atoms with Gasteiger partial charge in [-0.3, -0.25) is 14.4 Å². The van der Waals surface area contributed by atoms with Gasteiger partial charge in [-0.1, -0.05) is 6.42 Å². The molecule has 0 aliphatic carbocycles. The van der Waals surface area contributed by atoms with Crippen molar-refractivity contribution in [2.24, 2.45) is 0 Å². The third kappa shape index (κ3) is 4.07. The minimum absolute atomic E-state index is 0.0425. The number of aryl methyl sites for hydroxylation is 2. The van der Waals surface area contributed by atoms with E-state index in [0.29, 0.717) is 12.6 Å². The molecule has 1 amide bonds. The van der Waals surface area contributed by atoms with Crippen molar-refractivity contribution in [2.45, 2.75) is 52.6 Å². The predicted molar refractivity (Wildman–Crippen MR) is 79.6 cm³/mol. The predicted octanol–water partition coefficient (Wildman–Crippen LogP) is 1.49. The Kier molecular flexibility index (Phi) is 5.17. The van der Waals surface area contributed by atoms with Gasteiger partial charge in [0.25, 0.3) is 0 Å². The molecule has 5 nitrogen and oxygen atoms in total. The number of amides is 1. The van der Waals surface area contributed by atoms with Crippen molar-refractivity contribution in [3.63, 3.8) is 0 Å². The first-order valence-corrected chi connectivity index (χ1v) is 7.58. The molecule has 1 aromatic rings. The highest BCUT2D eigenvalue weighted by Gasteiger charge is 2.17. The molecule has 0 unspecified atom stereocenters. The highest BCUT2D eigenvalue weighted by atomic mass is 16.2. The summed E-state index contributed by atoms with van der Waals surface area (Å²) in [5, 5.41) is 7.30. The van der Waals surface area contributed by atoms with E-state index < -0.39 is 0 Å². The Labute approximate surface area is 121 Å². The monoisotopic (exact) mass is 278 g/mol. The Morgan fingerprint density at radius 1 is 1.45 bits per heavy atom. The lowest BCUT2D eigenvalue weighted by Crippen LogP contribution is -2.43. The third-order valence-electron chi connectivity index (χ3n) is 4.06. The molecule has 1 N–H and O–H groups in total. The van der Waals surface area contributed by atoms with Crippen molar-refractivity contribution in [3.8, 4) is 0 Å². The second kappa shape index (κ2) is 6.88. The number of hydrogen-bond acceptors (Lipinski definition) is 3. The number of nitrogens with one attached hydrogen (secondary N) is 1. The van der Waals surface area contributed by atoms with Gasteiger partial charge in [0, 0.05) is 24.8 Å². The summed E-state index contributed by atoms with van der Waals surface area (Å²) < 4.78 is 1.76. The van der Waals surface area contributed by atoms with Crippen LogP contribution in [0, 0.1) is 13.8 Å². The van der Waals surface area contributed by atoms with Gasteiger partial charge >= 0.3 is 0 Å². The average Bonchev–Trinajstić information content (AvgIpc) is 2.70. The van der Waals surface area contributed by atoms with Crippen LogP contribution >= 0.6 is 0 Å². The van der Waals surface area contributed by atoms with Crippen molar-refractivity contribution in [1.29, 1.82) is 0 Å². The smallest absolute Gasteiger partial charge is 0.241 e. The van der Waals surface area contributed by atoms with Crippen LogP contribution in [0.2, 0.25) is 0 Å². The van der Waals surface area contributed by atoms with Crippen LogP contribution in [0.1, 0.15) is 37.6 Å². The van der Waals surface area contributed by atoms with E-state index >= 15 is 0 Å². The van der Waals surface area contributed by atoms with Crippen molar-refractivity contribution in [1.82, 2.24) is 20.0 Å². The van der Waals surface area contributed by atoms with Crippen LogP contribution in [0.3, 0.4) is 0 Å². The van der Waals surface area contributed by atoms with Crippen LogP contribution < -0.4 is 5.32 Å². The summed E-state index contributed by atoms with van der Waals surface area (Å²) in [4.78, 5) is 14.4. The second-order valence-corrected chi connectivity index (χ2v) is 5.82. The zero-order valence-corrected chi connectivity index (χ0v) is 12.9. The van der Waals surface area contributed by atoms with E-state index in [2.05, 4.69) is 22.2 Å². The molecule has 20 heavy (non-hydrogen) atoms. The van der Waals surface area contributed by atoms with E-state index in [1.807, 2.05) is 19.9 Å². The molecule has 5 heteroatoms. The van der Waals surface area contributed by atoms with Gasteiger partial charge in [0.1, 0.15) is 6.54 Å². The lowest BCUT2D eigenvalue weighted by Gasteiger charge is -2.33. The molecule has 1 aromatic heterocycles. The molecule has 2 rings (SSSR count). The number of piperidine rings is 1. The maximum atomic E-state index is 11.9. The maximum absolute atomic E-state index is 11.9. The molecule has 1 atom stereocenters. The normalized spacial score (nSPS) is 20.1. The van der Waals surface area contributed by atoms with Gasteiger partial charge in [-0.2, -0.15) is 5.10 Å². The summed E-state index contributed by atoms with van der Waals surface area (Å²) >= 11 is 0. The van der Waals surface area contributed by atoms with Crippen LogP contribution in [0.4, 0.5) is 0 Å². The number of aromatic nitrogens is 2. The summed E-state index contributed by atoms with van der Waals surface area (Å²) in [5.74, 6) is 0.0425. The molecular formula is C15H26N4O. The number of hydrogen-bond donors (Lipinski definition) is 1. The number of carbonyl (C=O) groups is 1. The van der Waals surface area contributed by atoms with Gasteiger partial charge in [0.05, 0.1) is 5.69 Å². The molecule has 1 saturated heterocycles. The van der Waals surface area contributed by atoms with Gasteiger partial charge in [0.2, 0.25) is 5.91 Å². The average molecular weight is 278 g/mol. The first-order valence-electron chi connectivity index (χ1n) is 7.58. The number of rotatable bonds is 5. The Balaban J connectivity index is 1.71. The largest absolute Gasteiger partial charge is 0.353 e. The highest BCUT2D eigenvalue weighted by Crippen LogP contribution is 2.15. The van der Waals surface area contributed by atoms with Crippen LogP contribution in [0.15, 0.2) is 6.07 Å². The van der Waals surface area contributed by atoms with Gasteiger partial charge in [-0.05, 0) is 46.2 Å². The molecule has 0 spiro atoms. The molecule has 112 valence electrons. The van der Waals surface area contributed by atoms with Crippen molar-refractivity contribution >= 4 is 5.91 Å².